The highest BCUT2D eigenvalue weighted by Crippen LogP contribution is 2.27. The predicted octanol–water partition coefficient (Wildman–Crippen LogP) is 3.56. The van der Waals surface area contributed by atoms with E-state index >= 15 is 0 Å². The van der Waals surface area contributed by atoms with Crippen LogP contribution in [0.25, 0.3) is 5.70 Å². The molecule has 94 valence electrons. The Hall–Kier alpha value is -2.10. The van der Waals surface area contributed by atoms with E-state index in [1.54, 1.807) is 12.1 Å². The number of halogens is 2. The molecule has 0 amide bonds. The van der Waals surface area contributed by atoms with Crippen molar-refractivity contribution in [3.05, 3.63) is 66.6 Å². The summed E-state index contributed by atoms with van der Waals surface area (Å²) >= 11 is 0. The van der Waals surface area contributed by atoms with Crippen LogP contribution in [-0.2, 0) is 0 Å². The first kappa shape index (κ1) is 12.4. The van der Waals surface area contributed by atoms with Gasteiger partial charge in [0.05, 0.1) is 0 Å². The first-order valence-electron chi connectivity index (χ1n) is 5.49. The fourth-order valence-electron chi connectivity index (χ4n) is 1.81. The molecule has 2 rings (SSSR count). The number of benzene rings is 1. The van der Waals surface area contributed by atoms with Gasteiger partial charge in [-0.15, -0.1) is 0 Å². The van der Waals surface area contributed by atoms with Crippen molar-refractivity contribution >= 4 is 5.70 Å². The molecule has 0 fully saturated rings. The lowest BCUT2D eigenvalue weighted by atomic mass is 10.1. The van der Waals surface area contributed by atoms with Gasteiger partial charge < -0.3 is 10.0 Å². The minimum atomic E-state index is -2.60. The van der Waals surface area contributed by atoms with Crippen molar-refractivity contribution in [2.75, 3.05) is 0 Å². The summed E-state index contributed by atoms with van der Waals surface area (Å²) in [4.78, 5) is 1.36. The molecule has 1 aromatic carbocycles. The van der Waals surface area contributed by atoms with Crippen LogP contribution in [0.1, 0.15) is 5.56 Å². The van der Waals surface area contributed by atoms with Crippen LogP contribution in [0, 0.1) is 0 Å². The third-order valence-electron chi connectivity index (χ3n) is 2.75. The van der Waals surface area contributed by atoms with E-state index in [4.69, 9.17) is 0 Å². The Kier molecular flexibility index (Phi) is 3.46. The molecule has 2 nitrogen and oxygen atoms in total. The van der Waals surface area contributed by atoms with Gasteiger partial charge in [-0.2, -0.15) is 0 Å². The van der Waals surface area contributed by atoms with E-state index in [1.165, 1.54) is 17.2 Å². The lowest BCUT2D eigenvalue weighted by Crippen LogP contribution is -2.35. The molecule has 0 aromatic heterocycles. The van der Waals surface area contributed by atoms with E-state index < -0.39 is 12.5 Å². The summed E-state index contributed by atoms with van der Waals surface area (Å²) in [6, 6.07) is 7.90. The van der Waals surface area contributed by atoms with Crippen molar-refractivity contribution in [2.24, 2.45) is 0 Å². The van der Waals surface area contributed by atoms with Crippen LogP contribution >= 0.6 is 0 Å². The average Bonchev–Trinajstić information content (AvgIpc) is 2.39. The van der Waals surface area contributed by atoms with Gasteiger partial charge in [-0.1, -0.05) is 36.9 Å². The summed E-state index contributed by atoms with van der Waals surface area (Å²) in [6.45, 7) is 3.84. The second kappa shape index (κ2) is 5.04. The highest BCUT2D eigenvalue weighted by molar-refractivity contribution is 5.63. The SMILES string of the molecule is C=C(c1ccccc1)N1C=CC(O)=C[C@@H]1C(F)F. The summed E-state index contributed by atoms with van der Waals surface area (Å²) in [5, 5.41) is 9.28. The number of hydrogen-bond donors (Lipinski definition) is 1. The van der Waals surface area contributed by atoms with Crippen molar-refractivity contribution in [1.82, 2.24) is 4.90 Å². The van der Waals surface area contributed by atoms with E-state index in [0.29, 0.717) is 5.70 Å². The van der Waals surface area contributed by atoms with Gasteiger partial charge >= 0.3 is 0 Å². The van der Waals surface area contributed by atoms with E-state index in [2.05, 4.69) is 6.58 Å². The van der Waals surface area contributed by atoms with E-state index in [1.807, 2.05) is 18.2 Å². The van der Waals surface area contributed by atoms with E-state index in [0.717, 1.165) is 11.6 Å². The first-order valence-corrected chi connectivity index (χ1v) is 5.49. The largest absolute Gasteiger partial charge is 0.508 e. The molecule has 4 heteroatoms. The summed E-state index contributed by atoms with van der Waals surface area (Å²) < 4.78 is 25.9. The minimum absolute atomic E-state index is 0.155. The molecule has 0 aliphatic carbocycles. The Balaban J connectivity index is 2.28. The van der Waals surface area contributed by atoms with Crippen LogP contribution in [0.2, 0.25) is 0 Å². The zero-order chi connectivity index (χ0) is 13.1. The van der Waals surface area contributed by atoms with Gasteiger partial charge in [0.25, 0.3) is 6.43 Å². The minimum Gasteiger partial charge on any atom is -0.508 e. The van der Waals surface area contributed by atoms with Crippen LogP contribution in [0.5, 0.6) is 0 Å². The molecule has 0 spiro atoms. The van der Waals surface area contributed by atoms with Gasteiger partial charge in [0.15, 0.2) is 0 Å². The van der Waals surface area contributed by atoms with Crippen LogP contribution < -0.4 is 0 Å². The summed E-state index contributed by atoms with van der Waals surface area (Å²) in [7, 11) is 0. The third-order valence-corrected chi connectivity index (χ3v) is 2.75. The van der Waals surface area contributed by atoms with Gasteiger partial charge in [0.2, 0.25) is 0 Å². The summed E-state index contributed by atoms with van der Waals surface area (Å²) in [5.41, 5.74) is 1.24. The number of aliphatic hydroxyl groups is 1. The van der Waals surface area contributed by atoms with Gasteiger partial charge in [0.1, 0.15) is 11.8 Å². The number of hydrogen-bond acceptors (Lipinski definition) is 2. The van der Waals surface area contributed by atoms with Crippen molar-refractivity contribution in [3.8, 4) is 0 Å². The zero-order valence-electron chi connectivity index (χ0n) is 9.63. The number of alkyl halides is 2. The molecule has 1 aromatic rings. The van der Waals surface area contributed by atoms with Gasteiger partial charge in [-0.3, -0.25) is 0 Å². The molecule has 1 atom stereocenters. The second-order valence-corrected chi connectivity index (χ2v) is 3.95. The summed E-state index contributed by atoms with van der Waals surface area (Å²) in [5.74, 6) is -0.155. The van der Waals surface area contributed by atoms with Crippen LogP contribution in [-0.4, -0.2) is 22.5 Å². The third kappa shape index (κ3) is 2.42. The van der Waals surface area contributed by atoms with Gasteiger partial charge in [-0.25, -0.2) is 8.78 Å². The standard InChI is InChI=1S/C14H13F2NO/c1-10(11-5-3-2-4-6-11)17-8-7-12(18)9-13(17)14(15)16/h2-9,13-14,18H,1H2/t13-/m1/s1. The Morgan fingerprint density at radius 3 is 2.56 bits per heavy atom. The molecule has 0 unspecified atom stereocenters. The zero-order valence-corrected chi connectivity index (χ0v) is 9.63. The Morgan fingerprint density at radius 1 is 1.28 bits per heavy atom. The lowest BCUT2D eigenvalue weighted by molar-refractivity contribution is 0.0884. The second-order valence-electron chi connectivity index (χ2n) is 3.95. The first-order chi connectivity index (χ1) is 8.59. The number of nitrogens with zero attached hydrogens (tertiary/aromatic N) is 1. The van der Waals surface area contributed by atoms with Crippen LogP contribution in [0.3, 0.4) is 0 Å². The number of aliphatic hydroxyl groups excluding tert-OH is 1. The Labute approximate surface area is 104 Å². The molecule has 0 saturated carbocycles. The Morgan fingerprint density at radius 2 is 1.94 bits per heavy atom. The van der Waals surface area contributed by atoms with Crippen LogP contribution in [0.4, 0.5) is 8.78 Å². The predicted molar refractivity (Wildman–Crippen MR) is 67.0 cm³/mol. The summed E-state index contributed by atoms with van der Waals surface area (Å²) in [6.07, 6.45) is 1.31. The lowest BCUT2D eigenvalue weighted by Gasteiger charge is -2.31. The van der Waals surface area contributed by atoms with E-state index in [-0.39, 0.29) is 5.76 Å². The van der Waals surface area contributed by atoms with Crippen molar-refractivity contribution in [3.63, 3.8) is 0 Å². The molecule has 1 aliphatic rings. The molecule has 1 heterocycles. The Bertz CT molecular complexity index is 494. The molecular formula is C14H13F2NO. The fraction of sp³-hybridized carbons (Fsp3) is 0.143. The highest BCUT2D eigenvalue weighted by Gasteiger charge is 2.28. The molecule has 1 aliphatic heterocycles. The molecule has 0 radical (unpaired) electrons. The monoisotopic (exact) mass is 249 g/mol. The fourth-order valence-corrected chi connectivity index (χ4v) is 1.81. The highest BCUT2D eigenvalue weighted by atomic mass is 19.3. The molecule has 18 heavy (non-hydrogen) atoms. The molecule has 1 N–H and O–H groups in total. The van der Waals surface area contributed by atoms with Crippen molar-refractivity contribution < 1.29 is 13.9 Å². The quantitative estimate of drug-likeness (QED) is 0.885. The normalized spacial score (nSPS) is 18.9. The smallest absolute Gasteiger partial charge is 0.262 e. The van der Waals surface area contributed by atoms with Crippen molar-refractivity contribution in [1.29, 1.82) is 0 Å². The van der Waals surface area contributed by atoms with Gasteiger partial charge in [0, 0.05) is 11.9 Å². The van der Waals surface area contributed by atoms with Gasteiger partial charge in [-0.05, 0) is 17.7 Å². The van der Waals surface area contributed by atoms with Crippen LogP contribution in [0.15, 0.2) is 61.0 Å². The maximum absolute atomic E-state index is 12.9. The maximum Gasteiger partial charge on any atom is 0.262 e. The topological polar surface area (TPSA) is 23.5 Å². The molecule has 0 bridgehead atoms. The maximum atomic E-state index is 12.9. The molecular weight excluding hydrogens is 236 g/mol. The average molecular weight is 249 g/mol. The number of rotatable bonds is 3. The number of allylic oxidation sites excluding steroid dienone is 1. The molecule has 0 saturated heterocycles. The van der Waals surface area contributed by atoms with E-state index in [9.17, 15) is 13.9 Å². The van der Waals surface area contributed by atoms with Crippen molar-refractivity contribution in [2.45, 2.75) is 12.5 Å².